The van der Waals surface area contributed by atoms with Crippen LogP contribution in [0.25, 0.3) is 0 Å². The van der Waals surface area contributed by atoms with Gasteiger partial charge in [0.1, 0.15) is 0 Å². The third-order valence-corrected chi connectivity index (χ3v) is 3.79. The molecular weight excluding hydrogens is 307 g/mol. The molecule has 0 bridgehead atoms. The maximum Gasteiger partial charge on any atom is 0.243 e. The molecule has 0 unspecified atom stereocenters. The standard InChI is InChI=1S/C15H16Cl2N4/c1-4-11-9(2)19-15(20-10(11)3)21-18-8-12-13(16)6-5-7-14(12)17/h5-8H,4H2,1-3H3,(H,19,20,21). The van der Waals surface area contributed by atoms with E-state index in [0.29, 0.717) is 21.6 Å². The normalized spacial score (nSPS) is 11.1. The first kappa shape index (κ1) is 15.7. The molecule has 21 heavy (non-hydrogen) atoms. The minimum absolute atomic E-state index is 0.460. The summed E-state index contributed by atoms with van der Waals surface area (Å²) in [5.41, 5.74) is 6.55. The van der Waals surface area contributed by atoms with E-state index in [2.05, 4.69) is 27.4 Å². The number of anilines is 1. The summed E-state index contributed by atoms with van der Waals surface area (Å²) in [5, 5.41) is 5.19. The SMILES string of the molecule is CCc1c(C)nc(NN=Cc2c(Cl)cccc2Cl)nc1C. The van der Waals surface area contributed by atoms with E-state index in [1.165, 1.54) is 5.56 Å². The molecule has 4 nitrogen and oxygen atoms in total. The van der Waals surface area contributed by atoms with Gasteiger partial charge in [0.25, 0.3) is 0 Å². The number of aromatic nitrogens is 2. The number of aryl methyl sites for hydroxylation is 2. The summed E-state index contributed by atoms with van der Waals surface area (Å²) >= 11 is 12.1. The van der Waals surface area contributed by atoms with Gasteiger partial charge < -0.3 is 0 Å². The van der Waals surface area contributed by atoms with Gasteiger partial charge in [0.2, 0.25) is 5.95 Å². The van der Waals surface area contributed by atoms with Gasteiger partial charge in [0, 0.05) is 17.0 Å². The summed E-state index contributed by atoms with van der Waals surface area (Å²) in [6.07, 6.45) is 2.48. The summed E-state index contributed by atoms with van der Waals surface area (Å²) in [7, 11) is 0. The number of hydrogen-bond acceptors (Lipinski definition) is 4. The van der Waals surface area contributed by atoms with Gasteiger partial charge in [-0.05, 0) is 38.0 Å². The molecule has 0 saturated heterocycles. The molecule has 1 aromatic heterocycles. The van der Waals surface area contributed by atoms with Crippen LogP contribution in [0.5, 0.6) is 0 Å². The molecule has 0 spiro atoms. The molecule has 1 heterocycles. The van der Waals surface area contributed by atoms with Gasteiger partial charge in [-0.3, -0.25) is 0 Å². The Bertz CT molecular complexity index is 640. The summed E-state index contributed by atoms with van der Waals surface area (Å²) in [6.45, 7) is 6.02. The van der Waals surface area contributed by atoms with Crippen LogP contribution in [0.1, 0.15) is 29.4 Å². The Morgan fingerprint density at radius 1 is 1.14 bits per heavy atom. The molecule has 0 aliphatic heterocycles. The highest BCUT2D eigenvalue weighted by Gasteiger charge is 2.06. The predicted octanol–water partition coefficient (Wildman–Crippen LogP) is 4.41. The van der Waals surface area contributed by atoms with Gasteiger partial charge in [-0.15, -0.1) is 0 Å². The van der Waals surface area contributed by atoms with Crippen molar-refractivity contribution in [3.05, 3.63) is 50.8 Å². The molecule has 2 rings (SSSR count). The average molecular weight is 323 g/mol. The topological polar surface area (TPSA) is 50.2 Å². The number of benzene rings is 1. The van der Waals surface area contributed by atoms with Crippen LogP contribution in [0.4, 0.5) is 5.95 Å². The number of halogens is 2. The second-order valence-electron chi connectivity index (χ2n) is 4.56. The van der Waals surface area contributed by atoms with Crippen molar-refractivity contribution in [2.75, 3.05) is 5.43 Å². The first-order valence-corrected chi connectivity index (χ1v) is 7.35. The Balaban J connectivity index is 2.19. The molecule has 0 amide bonds. The van der Waals surface area contributed by atoms with Crippen molar-refractivity contribution in [2.45, 2.75) is 27.2 Å². The summed E-state index contributed by atoms with van der Waals surface area (Å²) in [4.78, 5) is 8.76. The molecule has 1 aromatic carbocycles. The lowest BCUT2D eigenvalue weighted by Gasteiger charge is -2.08. The lowest BCUT2D eigenvalue weighted by molar-refractivity contribution is 0.951. The van der Waals surface area contributed by atoms with Crippen LogP contribution >= 0.6 is 23.2 Å². The molecule has 0 atom stereocenters. The summed E-state index contributed by atoms with van der Waals surface area (Å²) in [5.74, 6) is 0.460. The summed E-state index contributed by atoms with van der Waals surface area (Å²) < 4.78 is 0. The molecule has 2 aromatic rings. The van der Waals surface area contributed by atoms with Crippen LogP contribution in [0, 0.1) is 13.8 Å². The zero-order valence-electron chi connectivity index (χ0n) is 12.1. The largest absolute Gasteiger partial charge is 0.245 e. The molecule has 0 fully saturated rings. The van der Waals surface area contributed by atoms with Crippen LogP contribution in [0.3, 0.4) is 0 Å². The highest BCUT2D eigenvalue weighted by atomic mass is 35.5. The molecule has 110 valence electrons. The van der Waals surface area contributed by atoms with Crippen LogP contribution in [0.2, 0.25) is 10.0 Å². The van der Waals surface area contributed by atoms with Gasteiger partial charge in [-0.1, -0.05) is 36.2 Å². The third kappa shape index (κ3) is 3.71. The van der Waals surface area contributed by atoms with E-state index >= 15 is 0 Å². The van der Waals surface area contributed by atoms with E-state index in [1.54, 1.807) is 24.4 Å². The average Bonchev–Trinajstić information content (AvgIpc) is 2.42. The third-order valence-electron chi connectivity index (χ3n) is 3.13. The number of nitrogens with one attached hydrogen (secondary N) is 1. The van der Waals surface area contributed by atoms with E-state index in [4.69, 9.17) is 23.2 Å². The zero-order chi connectivity index (χ0) is 15.4. The number of rotatable bonds is 4. The molecule has 6 heteroatoms. The first-order chi connectivity index (χ1) is 10.0. The highest BCUT2D eigenvalue weighted by molar-refractivity contribution is 6.38. The fourth-order valence-corrected chi connectivity index (χ4v) is 2.58. The van der Waals surface area contributed by atoms with Crippen LogP contribution in [-0.4, -0.2) is 16.2 Å². The van der Waals surface area contributed by atoms with Crippen molar-refractivity contribution in [2.24, 2.45) is 5.10 Å². The Kier molecular flexibility index (Phi) is 5.15. The maximum atomic E-state index is 6.07. The molecule has 0 aliphatic carbocycles. The van der Waals surface area contributed by atoms with Crippen LogP contribution < -0.4 is 5.43 Å². The van der Waals surface area contributed by atoms with Gasteiger partial charge in [-0.2, -0.15) is 5.10 Å². The second kappa shape index (κ2) is 6.87. The van der Waals surface area contributed by atoms with Gasteiger partial charge in [-0.25, -0.2) is 15.4 Å². The van der Waals surface area contributed by atoms with E-state index < -0.39 is 0 Å². The minimum atomic E-state index is 0.460. The van der Waals surface area contributed by atoms with Crippen molar-refractivity contribution in [3.8, 4) is 0 Å². The van der Waals surface area contributed by atoms with E-state index in [-0.39, 0.29) is 0 Å². The Hall–Kier alpha value is -1.65. The minimum Gasteiger partial charge on any atom is -0.245 e. The fraction of sp³-hybridized carbons (Fsp3) is 0.267. The van der Waals surface area contributed by atoms with Gasteiger partial charge in [0.15, 0.2) is 0 Å². The monoisotopic (exact) mass is 322 g/mol. The van der Waals surface area contributed by atoms with Crippen LogP contribution in [-0.2, 0) is 6.42 Å². The number of nitrogens with zero attached hydrogens (tertiary/aromatic N) is 3. The van der Waals surface area contributed by atoms with E-state index in [0.717, 1.165) is 17.8 Å². The summed E-state index contributed by atoms with van der Waals surface area (Å²) in [6, 6.07) is 5.31. The maximum absolute atomic E-state index is 6.07. The number of hydrogen-bond donors (Lipinski definition) is 1. The Morgan fingerprint density at radius 3 is 2.24 bits per heavy atom. The Morgan fingerprint density at radius 2 is 1.71 bits per heavy atom. The van der Waals surface area contributed by atoms with Crippen molar-refractivity contribution in [1.29, 1.82) is 0 Å². The van der Waals surface area contributed by atoms with Crippen molar-refractivity contribution < 1.29 is 0 Å². The molecular formula is C15H16Cl2N4. The lowest BCUT2D eigenvalue weighted by Crippen LogP contribution is -2.04. The van der Waals surface area contributed by atoms with Crippen molar-refractivity contribution >= 4 is 35.4 Å². The van der Waals surface area contributed by atoms with Gasteiger partial charge >= 0.3 is 0 Å². The highest BCUT2D eigenvalue weighted by Crippen LogP contribution is 2.22. The van der Waals surface area contributed by atoms with E-state index in [9.17, 15) is 0 Å². The van der Waals surface area contributed by atoms with Crippen molar-refractivity contribution in [1.82, 2.24) is 9.97 Å². The van der Waals surface area contributed by atoms with E-state index in [1.807, 2.05) is 13.8 Å². The molecule has 0 radical (unpaired) electrons. The zero-order valence-corrected chi connectivity index (χ0v) is 13.6. The second-order valence-corrected chi connectivity index (χ2v) is 5.37. The predicted molar refractivity (Wildman–Crippen MR) is 88.6 cm³/mol. The van der Waals surface area contributed by atoms with Gasteiger partial charge in [0.05, 0.1) is 16.3 Å². The van der Waals surface area contributed by atoms with Crippen molar-refractivity contribution in [3.63, 3.8) is 0 Å². The molecule has 0 aliphatic rings. The fourth-order valence-electron chi connectivity index (χ4n) is 2.09. The molecule has 0 saturated carbocycles. The lowest BCUT2D eigenvalue weighted by atomic mass is 10.1. The van der Waals surface area contributed by atoms with Crippen LogP contribution in [0.15, 0.2) is 23.3 Å². The first-order valence-electron chi connectivity index (χ1n) is 6.60. The quantitative estimate of drug-likeness (QED) is 0.670. The molecule has 1 N–H and O–H groups in total. The number of hydrazone groups is 1. The smallest absolute Gasteiger partial charge is 0.243 e. The Labute approximate surface area is 134 Å².